The number of thiophene rings is 1. The molecule has 0 aliphatic carbocycles. The molecule has 1 N–H and O–H groups in total. The standard InChI is InChI=1S/C24H23F2N3O2S/c1-28(21-8-10-29(11-9-21)23(30)22-3-2-12-32-22)24(31)27-20-6-4-16(5-7-20)17-13-18(25)15-19(26)14-17/h2-7,12-15,21H,8-11H2,1H3,(H,27,31). The predicted molar refractivity (Wildman–Crippen MR) is 122 cm³/mol. The lowest BCUT2D eigenvalue weighted by molar-refractivity contribution is 0.0676. The van der Waals surface area contributed by atoms with E-state index in [1.54, 1.807) is 36.2 Å². The fraction of sp³-hybridized carbons (Fsp3) is 0.250. The van der Waals surface area contributed by atoms with Gasteiger partial charge in [-0.05, 0) is 59.7 Å². The van der Waals surface area contributed by atoms with Gasteiger partial charge in [-0.25, -0.2) is 13.6 Å². The van der Waals surface area contributed by atoms with E-state index in [-0.39, 0.29) is 18.0 Å². The number of benzene rings is 2. The predicted octanol–water partition coefficient (Wildman–Crippen LogP) is 5.46. The summed E-state index contributed by atoms with van der Waals surface area (Å²) >= 11 is 1.44. The number of nitrogens with zero attached hydrogens (tertiary/aromatic N) is 2. The van der Waals surface area contributed by atoms with Gasteiger partial charge in [0.15, 0.2) is 0 Å². The summed E-state index contributed by atoms with van der Waals surface area (Å²) in [6.07, 6.45) is 1.43. The monoisotopic (exact) mass is 455 g/mol. The molecule has 0 bridgehead atoms. The third-order valence-corrected chi connectivity index (χ3v) is 6.54. The first kappa shape index (κ1) is 22.0. The number of urea groups is 1. The third-order valence-electron chi connectivity index (χ3n) is 5.68. The average molecular weight is 456 g/mol. The maximum Gasteiger partial charge on any atom is 0.321 e. The van der Waals surface area contributed by atoms with Crippen molar-refractivity contribution < 1.29 is 18.4 Å². The van der Waals surface area contributed by atoms with Gasteiger partial charge in [0.2, 0.25) is 0 Å². The van der Waals surface area contributed by atoms with Gasteiger partial charge in [-0.2, -0.15) is 0 Å². The largest absolute Gasteiger partial charge is 0.338 e. The lowest BCUT2D eigenvalue weighted by atomic mass is 10.0. The van der Waals surface area contributed by atoms with Crippen LogP contribution < -0.4 is 5.32 Å². The molecular formula is C24H23F2N3O2S. The zero-order chi connectivity index (χ0) is 22.7. The fourth-order valence-electron chi connectivity index (χ4n) is 3.86. The molecule has 2 heterocycles. The Labute approximate surface area is 189 Å². The van der Waals surface area contributed by atoms with E-state index in [9.17, 15) is 18.4 Å². The lowest BCUT2D eigenvalue weighted by Crippen LogP contribution is -2.48. The van der Waals surface area contributed by atoms with Crippen LogP contribution in [0.15, 0.2) is 60.0 Å². The van der Waals surface area contributed by atoms with E-state index in [1.807, 2.05) is 22.4 Å². The van der Waals surface area contributed by atoms with Gasteiger partial charge in [0.1, 0.15) is 11.6 Å². The molecule has 0 unspecified atom stereocenters. The molecule has 0 saturated carbocycles. The lowest BCUT2D eigenvalue weighted by Gasteiger charge is -2.36. The number of hydrogen-bond donors (Lipinski definition) is 1. The molecule has 32 heavy (non-hydrogen) atoms. The Hall–Kier alpha value is -3.26. The zero-order valence-electron chi connectivity index (χ0n) is 17.6. The van der Waals surface area contributed by atoms with Crippen LogP contribution in [0.5, 0.6) is 0 Å². The highest BCUT2D eigenvalue weighted by molar-refractivity contribution is 7.12. The van der Waals surface area contributed by atoms with Gasteiger partial charge in [-0.15, -0.1) is 11.3 Å². The first-order valence-corrected chi connectivity index (χ1v) is 11.2. The Morgan fingerprint density at radius 2 is 1.66 bits per heavy atom. The van der Waals surface area contributed by atoms with E-state index in [0.29, 0.717) is 42.7 Å². The van der Waals surface area contributed by atoms with Gasteiger partial charge in [0.25, 0.3) is 5.91 Å². The van der Waals surface area contributed by atoms with Crippen molar-refractivity contribution in [3.8, 4) is 11.1 Å². The molecular weight excluding hydrogens is 432 g/mol. The Kier molecular flexibility index (Phi) is 6.50. The smallest absolute Gasteiger partial charge is 0.321 e. The number of anilines is 1. The molecule has 0 spiro atoms. The van der Waals surface area contributed by atoms with E-state index in [1.165, 1.54) is 23.5 Å². The summed E-state index contributed by atoms with van der Waals surface area (Å²) in [6, 6.07) is 13.7. The molecule has 0 atom stereocenters. The van der Waals surface area contributed by atoms with E-state index >= 15 is 0 Å². The van der Waals surface area contributed by atoms with E-state index < -0.39 is 11.6 Å². The van der Waals surface area contributed by atoms with Crippen LogP contribution in [0.25, 0.3) is 11.1 Å². The number of piperidine rings is 1. The van der Waals surface area contributed by atoms with E-state index in [4.69, 9.17) is 0 Å². The summed E-state index contributed by atoms with van der Waals surface area (Å²) in [5.74, 6) is -1.23. The van der Waals surface area contributed by atoms with Gasteiger partial charge in [-0.1, -0.05) is 18.2 Å². The number of nitrogens with one attached hydrogen (secondary N) is 1. The summed E-state index contributed by atoms with van der Waals surface area (Å²) in [5.41, 5.74) is 1.67. The maximum absolute atomic E-state index is 13.4. The second kappa shape index (κ2) is 9.48. The number of likely N-dealkylation sites (tertiary alicyclic amines) is 1. The van der Waals surface area contributed by atoms with Crippen LogP contribution in [0.1, 0.15) is 22.5 Å². The highest BCUT2D eigenvalue weighted by Crippen LogP contribution is 2.24. The van der Waals surface area contributed by atoms with Gasteiger partial charge in [-0.3, -0.25) is 4.79 Å². The first-order valence-electron chi connectivity index (χ1n) is 10.3. The minimum atomic E-state index is -0.637. The quantitative estimate of drug-likeness (QED) is 0.568. The van der Waals surface area contributed by atoms with Crippen molar-refractivity contribution >= 4 is 29.0 Å². The number of rotatable bonds is 4. The van der Waals surface area contributed by atoms with Crippen molar-refractivity contribution in [2.75, 3.05) is 25.5 Å². The van der Waals surface area contributed by atoms with E-state index in [0.717, 1.165) is 10.9 Å². The van der Waals surface area contributed by atoms with Crippen LogP contribution in [-0.4, -0.2) is 47.9 Å². The van der Waals surface area contributed by atoms with Crippen molar-refractivity contribution in [2.24, 2.45) is 0 Å². The Bertz CT molecular complexity index is 1070. The van der Waals surface area contributed by atoms with Gasteiger partial charge >= 0.3 is 6.03 Å². The second-order valence-electron chi connectivity index (χ2n) is 7.78. The highest BCUT2D eigenvalue weighted by Gasteiger charge is 2.28. The summed E-state index contributed by atoms with van der Waals surface area (Å²) < 4.78 is 26.9. The molecule has 1 aromatic heterocycles. The molecule has 1 aliphatic rings. The van der Waals surface area contributed by atoms with Gasteiger partial charge in [0, 0.05) is 37.9 Å². The molecule has 3 aromatic rings. The van der Waals surface area contributed by atoms with Crippen LogP contribution in [0.3, 0.4) is 0 Å². The summed E-state index contributed by atoms with van der Waals surface area (Å²) in [4.78, 5) is 29.4. The molecule has 2 aromatic carbocycles. The summed E-state index contributed by atoms with van der Waals surface area (Å²) in [6.45, 7) is 1.22. The maximum atomic E-state index is 13.4. The molecule has 166 valence electrons. The fourth-order valence-corrected chi connectivity index (χ4v) is 4.55. The molecule has 8 heteroatoms. The van der Waals surface area contributed by atoms with Crippen LogP contribution >= 0.6 is 11.3 Å². The number of amides is 3. The molecule has 5 nitrogen and oxygen atoms in total. The summed E-state index contributed by atoms with van der Waals surface area (Å²) in [7, 11) is 1.75. The number of halogens is 2. The molecule has 3 amide bonds. The number of carbonyl (C=O) groups is 2. The SMILES string of the molecule is CN(C(=O)Nc1ccc(-c2cc(F)cc(F)c2)cc1)C1CCN(C(=O)c2cccs2)CC1. The second-order valence-corrected chi connectivity index (χ2v) is 8.72. The molecule has 0 radical (unpaired) electrons. The molecule has 4 rings (SSSR count). The number of carbonyl (C=O) groups excluding carboxylic acids is 2. The average Bonchev–Trinajstić information content (AvgIpc) is 3.33. The van der Waals surface area contributed by atoms with Crippen molar-refractivity contribution in [1.82, 2.24) is 9.80 Å². The Morgan fingerprint density at radius 1 is 1.00 bits per heavy atom. The topological polar surface area (TPSA) is 52.7 Å². The van der Waals surface area contributed by atoms with Crippen molar-refractivity contribution in [3.63, 3.8) is 0 Å². The normalized spacial score (nSPS) is 14.3. The highest BCUT2D eigenvalue weighted by atomic mass is 32.1. The first-order chi connectivity index (χ1) is 15.4. The summed E-state index contributed by atoms with van der Waals surface area (Å²) in [5, 5.41) is 4.75. The Morgan fingerprint density at radius 3 is 2.25 bits per heavy atom. The zero-order valence-corrected chi connectivity index (χ0v) is 18.4. The van der Waals surface area contributed by atoms with Crippen LogP contribution in [0.4, 0.5) is 19.3 Å². The third kappa shape index (κ3) is 4.96. The van der Waals surface area contributed by atoms with Crippen molar-refractivity contribution in [1.29, 1.82) is 0 Å². The number of hydrogen-bond acceptors (Lipinski definition) is 3. The van der Waals surface area contributed by atoms with Crippen LogP contribution in [0, 0.1) is 11.6 Å². The van der Waals surface area contributed by atoms with Crippen molar-refractivity contribution in [3.05, 3.63) is 76.5 Å². The van der Waals surface area contributed by atoms with Gasteiger partial charge < -0.3 is 15.1 Å². The van der Waals surface area contributed by atoms with Crippen molar-refractivity contribution in [2.45, 2.75) is 18.9 Å². The molecule has 1 aliphatic heterocycles. The minimum absolute atomic E-state index is 0.0388. The minimum Gasteiger partial charge on any atom is -0.338 e. The van der Waals surface area contributed by atoms with Crippen LogP contribution in [-0.2, 0) is 0 Å². The van der Waals surface area contributed by atoms with Crippen LogP contribution in [0.2, 0.25) is 0 Å². The Balaban J connectivity index is 1.32. The molecule has 1 saturated heterocycles. The van der Waals surface area contributed by atoms with E-state index in [2.05, 4.69) is 5.32 Å². The molecule has 1 fully saturated rings. The van der Waals surface area contributed by atoms with Gasteiger partial charge in [0.05, 0.1) is 4.88 Å².